The number of ether oxygens (including phenoxy) is 1. The van der Waals surface area contributed by atoms with Crippen molar-refractivity contribution in [2.24, 2.45) is 0 Å². The number of likely N-dealkylation sites (tertiary alicyclic amines) is 1. The Morgan fingerprint density at radius 3 is 2.38 bits per heavy atom. The average Bonchev–Trinajstić information content (AvgIpc) is 2.85. The summed E-state index contributed by atoms with van der Waals surface area (Å²) in [5, 5.41) is 0.191. The molecule has 1 unspecified atom stereocenters. The molecule has 0 spiro atoms. The molecule has 1 fully saturated rings. The number of hydrogen-bond acceptors (Lipinski definition) is 3. The Balaban J connectivity index is 2.00. The molecule has 1 aromatic rings. The summed E-state index contributed by atoms with van der Waals surface area (Å²) in [6.07, 6.45) is 1.52. The number of rotatable bonds is 6. The van der Waals surface area contributed by atoms with Gasteiger partial charge in [0.25, 0.3) is 0 Å². The SMILES string of the molecule is COc1ccc(CN2C(=O)CCC2CO[Si](C)(C)C(C)(C)C)cc1. The second-order valence-corrected chi connectivity index (χ2v) is 12.9. The van der Waals surface area contributed by atoms with E-state index >= 15 is 0 Å². The summed E-state index contributed by atoms with van der Waals surface area (Å²) in [5.74, 6) is 1.07. The summed E-state index contributed by atoms with van der Waals surface area (Å²) in [5.41, 5.74) is 1.13. The lowest BCUT2D eigenvalue weighted by atomic mass is 10.2. The van der Waals surface area contributed by atoms with E-state index in [2.05, 4.69) is 33.9 Å². The molecular weight excluding hydrogens is 318 g/mol. The first kappa shape index (κ1) is 19.0. The Hall–Kier alpha value is -1.33. The molecule has 1 aliphatic heterocycles. The van der Waals surface area contributed by atoms with Gasteiger partial charge in [0.2, 0.25) is 5.91 Å². The Kier molecular flexibility index (Phi) is 5.76. The van der Waals surface area contributed by atoms with Gasteiger partial charge >= 0.3 is 0 Å². The summed E-state index contributed by atoms with van der Waals surface area (Å²) in [4.78, 5) is 14.3. The van der Waals surface area contributed by atoms with Gasteiger partial charge in [-0.2, -0.15) is 0 Å². The van der Waals surface area contributed by atoms with Crippen molar-refractivity contribution in [1.29, 1.82) is 0 Å². The van der Waals surface area contributed by atoms with Crippen LogP contribution in [0.25, 0.3) is 0 Å². The van der Waals surface area contributed by atoms with Gasteiger partial charge in [-0.1, -0.05) is 32.9 Å². The van der Waals surface area contributed by atoms with Crippen molar-refractivity contribution < 1.29 is 14.0 Å². The standard InChI is InChI=1S/C19H31NO3Si/c1-19(2,3)24(5,6)23-14-16-9-12-18(21)20(16)13-15-7-10-17(22-4)11-8-15/h7-8,10-11,16H,9,12-14H2,1-6H3. The lowest BCUT2D eigenvalue weighted by Gasteiger charge is -2.38. The fourth-order valence-electron chi connectivity index (χ4n) is 2.63. The molecule has 0 bridgehead atoms. The molecule has 1 saturated heterocycles. The minimum absolute atomic E-state index is 0.189. The van der Waals surface area contributed by atoms with Crippen molar-refractivity contribution in [1.82, 2.24) is 4.90 Å². The molecule has 2 rings (SSSR count). The van der Waals surface area contributed by atoms with E-state index in [0.717, 1.165) is 17.7 Å². The van der Waals surface area contributed by atoms with Gasteiger partial charge in [-0.15, -0.1) is 0 Å². The first-order valence-corrected chi connectivity index (χ1v) is 11.6. The van der Waals surface area contributed by atoms with Gasteiger partial charge in [0.15, 0.2) is 8.32 Å². The van der Waals surface area contributed by atoms with Crippen LogP contribution in [0.2, 0.25) is 18.1 Å². The van der Waals surface area contributed by atoms with Gasteiger partial charge in [0.1, 0.15) is 5.75 Å². The van der Waals surface area contributed by atoms with Crippen LogP contribution in [0.3, 0.4) is 0 Å². The fraction of sp³-hybridized carbons (Fsp3) is 0.632. The third-order valence-corrected chi connectivity index (χ3v) is 9.91. The molecule has 1 aromatic carbocycles. The second-order valence-electron chi connectivity index (χ2n) is 8.13. The number of nitrogens with zero attached hydrogens (tertiary/aromatic N) is 1. The number of amides is 1. The zero-order chi connectivity index (χ0) is 18.0. The summed E-state index contributed by atoms with van der Waals surface area (Å²) in [6, 6.07) is 8.12. The zero-order valence-corrected chi connectivity index (χ0v) is 16.9. The van der Waals surface area contributed by atoms with E-state index in [0.29, 0.717) is 19.6 Å². The van der Waals surface area contributed by atoms with Crippen LogP contribution < -0.4 is 4.74 Å². The largest absolute Gasteiger partial charge is 0.497 e. The van der Waals surface area contributed by atoms with E-state index in [-0.39, 0.29) is 17.0 Å². The summed E-state index contributed by atoms with van der Waals surface area (Å²) in [7, 11) is -0.123. The van der Waals surface area contributed by atoms with Gasteiger partial charge in [0, 0.05) is 13.0 Å². The summed E-state index contributed by atoms with van der Waals surface area (Å²) >= 11 is 0. The van der Waals surface area contributed by atoms with Gasteiger partial charge in [-0.3, -0.25) is 4.79 Å². The number of carbonyl (C=O) groups is 1. The lowest BCUT2D eigenvalue weighted by molar-refractivity contribution is -0.130. The maximum absolute atomic E-state index is 12.3. The third-order valence-electron chi connectivity index (χ3n) is 5.41. The topological polar surface area (TPSA) is 38.8 Å². The molecule has 0 aliphatic carbocycles. The highest BCUT2D eigenvalue weighted by Crippen LogP contribution is 2.37. The van der Waals surface area contributed by atoms with Gasteiger partial charge < -0.3 is 14.1 Å². The van der Waals surface area contributed by atoms with Crippen molar-refractivity contribution >= 4 is 14.2 Å². The molecule has 0 aromatic heterocycles. The highest BCUT2D eigenvalue weighted by molar-refractivity contribution is 6.74. The predicted octanol–water partition coefficient (Wildman–Crippen LogP) is 4.21. The van der Waals surface area contributed by atoms with Crippen LogP contribution in [0.5, 0.6) is 5.75 Å². The summed E-state index contributed by atoms with van der Waals surface area (Å²) < 4.78 is 11.5. The van der Waals surface area contributed by atoms with Gasteiger partial charge in [-0.05, 0) is 42.2 Å². The molecule has 24 heavy (non-hydrogen) atoms. The number of carbonyl (C=O) groups excluding carboxylic acids is 1. The van der Waals surface area contributed by atoms with Crippen LogP contribution in [0, 0.1) is 0 Å². The van der Waals surface area contributed by atoms with E-state index in [1.165, 1.54) is 0 Å². The second kappa shape index (κ2) is 7.27. The lowest BCUT2D eigenvalue weighted by Crippen LogP contribution is -2.45. The predicted molar refractivity (Wildman–Crippen MR) is 99.7 cm³/mol. The molecule has 1 atom stereocenters. The minimum Gasteiger partial charge on any atom is -0.497 e. The highest BCUT2D eigenvalue weighted by Gasteiger charge is 2.39. The molecule has 5 heteroatoms. The summed E-state index contributed by atoms with van der Waals surface area (Å²) in [6.45, 7) is 12.6. The normalized spacial score (nSPS) is 19.0. The molecule has 0 N–H and O–H groups in total. The Morgan fingerprint density at radius 1 is 1.21 bits per heavy atom. The molecule has 134 valence electrons. The van der Waals surface area contributed by atoms with E-state index in [9.17, 15) is 4.79 Å². The zero-order valence-electron chi connectivity index (χ0n) is 15.9. The van der Waals surface area contributed by atoms with Crippen molar-refractivity contribution in [3.05, 3.63) is 29.8 Å². The molecular formula is C19H31NO3Si. The van der Waals surface area contributed by atoms with Gasteiger partial charge in [0.05, 0.1) is 19.8 Å². The van der Waals surface area contributed by atoms with E-state index < -0.39 is 8.32 Å². The van der Waals surface area contributed by atoms with Crippen LogP contribution in [0.15, 0.2) is 24.3 Å². The van der Waals surface area contributed by atoms with Crippen LogP contribution in [-0.4, -0.2) is 38.9 Å². The molecule has 1 aliphatic rings. The van der Waals surface area contributed by atoms with Crippen LogP contribution >= 0.6 is 0 Å². The van der Waals surface area contributed by atoms with Gasteiger partial charge in [-0.25, -0.2) is 0 Å². The minimum atomic E-state index is -1.78. The van der Waals surface area contributed by atoms with E-state index in [4.69, 9.17) is 9.16 Å². The molecule has 1 heterocycles. The Labute approximate surface area is 147 Å². The van der Waals surface area contributed by atoms with Crippen LogP contribution in [-0.2, 0) is 15.8 Å². The molecule has 1 amide bonds. The number of hydrogen-bond donors (Lipinski definition) is 0. The van der Waals surface area contributed by atoms with Crippen molar-refractivity contribution in [2.45, 2.75) is 64.3 Å². The van der Waals surface area contributed by atoms with Crippen LogP contribution in [0.4, 0.5) is 0 Å². The van der Waals surface area contributed by atoms with E-state index in [1.807, 2.05) is 29.2 Å². The quantitative estimate of drug-likeness (QED) is 0.722. The first-order chi connectivity index (χ1) is 11.1. The fourth-order valence-corrected chi connectivity index (χ4v) is 3.67. The van der Waals surface area contributed by atoms with Crippen molar-refractivity contribution in [3.8, 4) is 5.75 Å². The molecule has 0 radical (unpaired) electrons. The van der Waals surface area contributed by atoms with Crippen LogP contribution in [0.1, 0.15) is 39.2 Å². The molecule has 0 saturated carbocycles. The van der Waals surface area contributed by atoms with Crippen molar-refractivity contribution in [3.63, 3.8) is 0 Å². The van der Waals surface area contributed by atoms with Crippen molar-refractivity contribution in [2.75, 3.05) is 13.7 Å². The number of methoxy groups -OCH3 is 1. The average molecular weight is 350 g/mol. The maximum Gasteiger partial charge on any atom is 0.223 e. The number of benzene rings is 1. The highest BCUT2D eigenvalue weighted by atomic mass is 28.4. The third kappa shape index (κ3) is 4.39. The first-order valence-electron chi connectivity index (χ1n) is 8.70. The smallest absolute Gasteiger partial charge is 0.223 e. The molecule has 4 nitrogen and oxygen atoms in total. The Morgan fingerprint density at radius 2 is 1.83 bits per heavy atom. The Bertz CT molecular complexity index is 563. The van der Waals surface area contributed by atoms with E-state index in [1.54, 1.807) is 7.11 Å². The monoisotopic (exact) mass is 349 g/mol. The maximum atomic E-state index is 12.3.